The number of hydrogen-bond acceptors (Lipinski definition) is 3. The molecule has 1 aromatic rings. The first kappa shape index (κ1) is 12.9. The van der Waals surface area contributed by atoms with Crippen LogP contribution >= 0.6 is 0 Å². The van der Waals surface area contributed by atoms with Gasteiger partial charge in [-0.1, -0.05) is 6.92 Å². The fraction of sp³-hybridized carbons (Fsp3) is 0.500. The number of aryl methyl sites for hydroxylation is 1. The molecule has 0 atom stereocenters. The van der Waals surface area contributed by atoms with Gasteiger partial charge in [0.2, 0.25) is 5.91 Å². The first-order chi connectivity index (χ1) is 8.76. The molecule has 1 fully saturated rings. The van der Waals surface area contributed by atoms with E-state index in [1.165, 1.54) is 0 Å². The third-order valence-corrected chi connectivity index (χ3v) is 3.16. The van der Waals surface area contributed by atoms with Gasteiger partial charge < -0.3 is 14.7 Å². The number of aliphatic hydroxyl groups is 1. The minimum Gasteiger partial charge on any atom is -0.491 e. The molecule has 1 aliphatic heterocycles. The fourth-order valence-corrected chi connectivity index (χ4v) is 2.23. The summed E-state index contributed by atoms with van der Waals surface area (Å²) >= 11 is 0. The summed E-state index contributed by atoms with van der Waals surface area (Å²) in [5.41, 5.74) is 2.02. The Labute approximate surface area is 107 Å². The van der Waals surface area contributed by atoms with E-state index in [9.17, 15) is 4.79 Å². The van der Waals surface area contributed by atoms with Crippen molar-refractivity contribution in [2.75, 3.05) is 24.7 Å². The average Bonchev–Trinajstić information content (AvgIpc) is 2.82. The standard InChI is InChI=1S/C14H19NO3/c1-2-11-10-12(15-7-3-4-14(15)17)5-6-13(11)18-9-8-16/h5-6,10,16H,2-4,7-9H2,1H3. The SMILES string of the molecule is CCc1cc(N2CCCC2=O)ccc1OCCO. The number of aliphatic hydroxyl groups excluding tert-OH is 1. The van der Waals surface area contributed by atoms with Gasteiger partial charge in [-0.15, -0.1) is 0 Å². The fourth-order valence-electron chi connectivity index (χ4n) is 2.23. The van der Waals surface area contributed by atoms with Gasteiger partial charge in [0.25, 0.3) is 0 Å². The molecule has 1 aliphatic rings. The van der Waals surface area contributed by atoms with Crippen LogP contribution in [-0.4, -0.2) is 30.8 Å². The molecule has 0 saturated carbocycles. The summed E-state index contributed by atoms with van der Waals surface area (Å²) in [4.78, 5) is 13.5. The second-order valence-corrected chi connectivity index (χ2v) is 4.37. The number of rotatable bonds is 5. The van der Waals surface area contributed by atoms with Gasteiger partial charge in [0.1, 0.15) is 12.4 Å². The summed E-state index contributed by atoms with van der Waals surface area (Å²) in [6.07, 6.45) is 2.42. The van der Waals surface area contributed by atoms with Gasteiger partial charge in [0, 0.05) is 18.7 Å². The quantitative estimate of drug-likeness (QED) is 0.865. The zero-order chi connectivity index (χ0) is 13.0. The lowest BCUT2D eigenvalue weighted by Crippen LogP contribution is -2.23. The highest BCUT2D eigenvalue weighted by atomic mass is 16.5. The molecular formula is C14H19NO3. The van der Waals surface area contributed by atoms with E-state index < -0.39 is 0 Å². The van der Waals surface area contributed by atoms with Crippen LogP contribution in [0.15, 0.2) is 18.2 Å². The molecule has 0 aliphatic carbocycles. The van der Waals surface area contributed by atoms with Crippen molar-refractivity contribution in [1.29, 1.82) is 0 Å². The molecule has 1 aromatic carbocycles. The highest BCUT2D eigenvalue weighted by Gasteiger charge is 2.22. The minimum absolute atomic E-state index is 0.00944. The minimum atomic E-state index is 0.00944. The Kier molecular flexibility index (Phi) is 4.20. The molecule has 2 rings (SSSR count). The molecule has 1 N–H and O–H groups in total. The van der Waals surface area contributed by atoms with E-state index in [4.69, 9.17) is 9.84 Å². The second kappa shape index (κ2) is 5.87. The van der Waals surface area contributed by atoms with Crippen LogP contribution in [0, 0.1) is 0 Å². The molecule has 0 aromatic heterocycles. The zero-order valence-electron chi connectivity index (χ0n) is 10.7. The van der Waals surface area contributed by atoms with Crippen LogP contribution in [-0.2, 0) is 11.2 Å². The van der Waals surface area contributed by atoms with Crippen LogP contribution in [0.25, 0.3) is 0 Å². The van der Waals surface area contributed by atoms with Crippen molar-refractivity contribution < 1.29 is 14.6 Å². The van der Waals surface area contributed by atoms with Crippen LogP contribution in [0.2, 0.25) is 0 Å². The predicted molar refractivity (Wildman–Crippen MR) is 70.0 cm³/mol. The number of amides is 1. The number of carbonyl (C=O) groups excluding carboxylic acids is 1. The maximum atomic E-state index is 11.7. The van der Waals surface area contributed by atoms with Gasteiger partial charge >= 0.3 is 0 Å². The van der Waals surface area contributed by atoms with Crippen molar-refractivity contribution in [3.63, 3.8) is 0 Å². The molecule has 1 saturated heterocycles. The molecule has 1 heterocycles. The summed E-state index contributed by atoms with van der Waals surface area (Å²) in [6, 6.07) is 5.81. The van der Waals surface area contributed by atoms with Crippen LogP contribution in [0.5, 0.6) is 5.75 Å². The zero-order valence-corrected chi connectivity index (χ0v) is 10.7. The maximum Gasteiger partial charge on any atom is 0.227 e. The van der Waals surface area contributed by atoms with E-state index in [1.54, 1.807) is 0 Å². The number of nitrogens with zero attached hydrogens (tertiary/aromatic N) is 1. The molecule has 0 radical (unpaired) electrons. The van der Waals surface area contributed by atoms with Crippen molar-refractivity contribution >= 4 is 11.6 Å². The molecule has 4 heteroatoms. The largest absolute Gasteiger partial charge is 0.491 e. The summed E-state index contributed by atoms with van der Waals surface area (Å²) in [6.45, 7) is 3.17. The summed E-state index contributed by atoms with van der Waals surface area (Å²) in [5.74, 6) is 0.989. The number of anilines is 1. The summed E-state index contributed by atoms with van der Waals surface area (Å²) < 4.78 is 5.47. The molecule has 98 valence electrons. The van der Waals surface area contributed by atoms with Crippen LogP contribution in [0.1, 0.15) is 25.3 Å². The summed E-state index contributed by atoms with van der Waals surface area (Å²) in [5, 5.41) is 8.78. The van der Waals surface area contributed by atoms with Gasteiger partial charge in [-0.05, 0) is 36.6 Å². The highest BCUT2D eigenvalue weighted by Crippen LogP contribution is 2.28. The van der Waals surface area contributed by atoms with Gasteiger partial charge in [0.15, 0.2) is 0 Å². The normalized spacial score (nSPS) is 15.2. The highest BCUT2D eigenvalue weighted by molar-refractivity contribution is 5.95. The third-order valence-electron chi connectivity index (χ3n) is 3.16. The van der Waals surface area contributed by atoms with Crippen LogP contribution < -0.4 is 9.64 Å². The van der Waals surface area contributed by atoms with Crippen LogP contribution in [0.4, 0.5) is 5.69 Å². The maximum absolute atomic E-state index is 11.7. The van der Waals surface area contributed by atoms with Gasteiger partial charge in [-0.3, -0.25) is 4.79 Å². The van der Waals surface area contributed by atoms with E-state index in [2.05, 4.69) is 6.92 Å². The monoisotopic (exact) mass is 249 g/mol. The number of hydrogen-bond donors (Lipinski definition) is 1. The predicted octanol–water partition coefficient (Wildman–Crippen LogP) is 1.75. The van der Waals surface area contributed by atoms with E-state index in [0.717, 1.165) is 36.4 Å². The Morgan fingerprint density at radius 1 is 1.44 bits per heavy atom. The van der Waals surface area contributed by atoms with Gasteiger partial charge in [-0.2, -0.15) is 0 Å². The van der Waals surface area contributed by atoms with E-state index in [0.29, 0.717) is 13.0 Å². The lowest BCUT2D eigenvalue weighted by atomic mass is 10.1. The Hall–Kier alpha value is -1.55. The van der Waals surface area contributed by atoms with E-state index in [-0.39, 0.29) is 12.5 Å². The molecule has 4 nitrogen and oxygen atoms in total. The molecular weight excluding hydrogens is 230 g/mol. The van der Waals surface area contributed by atoms with Crippen molar-refractivity contribution in [3.8, 4) is 5.75 Å². The third kappa shape index (κ3) is 2.64. The lowest BCUT2D eigenvalue weighted by Gasteiger charge is -2.18. The molecule has 0 unspecified atom stereocenters. The molecule has 1 amide bonds. The Morgan fingerprint density at radius 3 is 2.89 bits per heavy atom. The van der Waals surface area contributed by atoms with Crippen molar-refractivity contribution in [3.05, 3.63) is 23.8 Å². The van der Waals surface area contributed by atoms with E-state index >= 15 is 0 Å². The topological polar surface area (TPSA) is 49.8 Å². The van der Waals surface area contributed by atoms with Gasteiger partial charge in [-0.25, -0.2) is 0 Å². The lowest BCUT2D eigenvalue weighted by molar-refractivity contribution is -0.117. The molecule has 0 spiro atoms. The number of ether oxygens (including phenoxy) is 1. The second-order valence-electron chi connectivity index (χ2n) is 4.37. The summed E-state index contributed by atoms with van der Waals surface area (Å²) in [7, 11) is 0. The van der Waals surface area contributed by atoms with Crippen LogP contribution in [0.3, 0.4) is 0 Å². The molecule has 0 bridgehead atoms. The first-order valence-electron chi connectivity index (χ1n) is 6.43. The van der Waals surface area contributed by atoms with Crippen molar-refractivity contribution in [2.24, 2.45) is 0 Å². The average molecular weight is 249 g/mol. The Morgan fingerprint density at radius 2 is 2.28 bits per heavy atom. The Bertz CT molecular complexity index is 431. The van der Waals surface area contributed by atoms with Crippen molar-refractivity contribution in [1.82, 2.24) is 0 Å². The Balaban J connectivity index is 2.21. The van der Waals surface area contributed by atoms with Gasteiger partial charge in [0.05, 0.1) is 6.61 Å². The first-order valence-corrected chi connectivity index (χ1v) is 6.43. The van der Waals surface area contributed by atoms with Crippen molar-refractivity contribution in [2.45, 2.75) is 26.2 Å². The van der Waals surface area contributed by atoms with E-state index in [1.807, 2.05) is 23.1 Å². The number of benzene rings is 1. The number of carbonyl (C=O) groups is 1. The molecule has 18 heavy (non-hydrogen) atoms. The smallest absolute Gasteiger partial charge is 0.227 e.